The number of hydrogen-bond donors (Lipinski definition) is 1. The molecule has 28 heavy (non-hydrogen) atoms. The highest BCUT2D eigenvalue weighted by Gasteiger charge is 2.33. The fourth-order valence-corrected chi connectivity index (χ4v) is 5.37. The van der Waals surface area contributed by atoms with Crippen molar-refractivity contribution in [1.82, 2.24) is 0 Å². The lowest BCUT2D eigenvalue weighted by Gasteiger charge is -2.13. The Kier molecular flexibility index (Phi) is 6.58. The van der Waals surface area contributed by atoms with Crippen molar-refractivity contribution in [3.8, 4) is 5.75 Å². The third-order valence-electron chi connectivity index (χ3n) is 3.84. The fourth-order valence-electron chi connectivity index (χ4n) is 2.41. The smallest absolute Gasteiger partial charge is 0.348 e. The minimum absolute atomic E-state index is 0.0115. The summed E-state index contributed by atoms with van der Waals surface area (Å²) in [7, 11) is -0.626. The molecule has 0 aliphatic rings. The first-order chi connectivity index (χ1) is 13.1. The SMILES string of the molecule is COC(=O)c1sc(S(=O)(=O)Nc2cc(C)c(Cl)cc2OC)c(C(=O)OC)c1C. The molecule has 1 N–H and O–H groups in total. The molecule has 2 aromatic rings. The van der Waals surface area contributed by atoms with Gasteiger partial charge in [-0.05, 0) is 31.0 Å². The van der Waals surface area contributed by atoms with E-state index in [1.807, 2.05) is 0 Å². The molecular weight excluding hydrogens is 430 g/mol. The molecule has 0 aliphatic heterocycles. The monoisotopic (exact) mass is 447 g/mol. The van der Waals surface area contributed by atoms with Crippen LogP contribution in [0, 0.1) is 13.8 Å². The van der Waals surface area contributed by atoms with E-state index in [-0.39, 0.29) is 31.7 Å². The number of carbonyl (C=O) groups excluding carboxylic acids is 2. The number of rotatable bonds is 6. The lowest BCUT2D eigenvalue weighted by atomic mass is 10.2. The number of benzene rings is 1. The molecule has 152 valence electrons. The van der Waals surface area contributed by atoms with E-state index in [1.54, 1.807) is 6.92 Å². The number of methoxy groups -OCH3 is 3. The summed E-state index contributed by atoms with van der Waals surface area (Å²) in [6.45, 7) is 3.14. The molecule has 8 nitrogen and oxygen atoms in total. The highest BCUT2D eigenvalue weighted by atomic mass is 35.5. The molecule has 0 unspecified atom stereocenters. The number of halogens is 1. The largest absolute Gasteiger partial charge is 0.495 e. The maximum Gasteiger partial charge on any atom is 0.348 e. The van der Waals surface area contributed by atoms with Crippen LogP contribution >= 0.6 is 22.9 Å². The number of aryl methyl sites for hydroxylation is 1. The van der Waals surface area contributed by atoms with Gasteiger partial charge in [0.25, 0.3) is 10.0 Å². The molecule has 0 fully saturated rings. The van der Waals surface area contributed by atoms with Crippen molar-refractivity contribution < 1.29 is 32.2 Å². The Morgan fingerprint density at radius 3 is 2.21 bits per heavy atom. The Balaban J connectivity index is 2.65. The van der Waals surface area contributed by atoms with E-state index in [1.165, 1.54) is 26.2 Å². The van der Waals surface area contributed by atoms with Crippen molar-refractivity contribution in [1.29, 1.82) is 0 Å². The fraction of sp³-hybridized carbons (Fsp3) is 0.294. The van der Waals surface area contributed by atoms with Gasteiger partial charge in [-0.2, -0.15) is 0 Å². The van der Waals surface area contributed by atoms with Crippen LogP contribution in [0.5, 0.6) is 5.75 Å². The topological polar surface area (TPSA) is 108 Å². The summed E-state index contributed by atoms with van der Waals surface area (Å²) in [4.78, 5) is 24.2. The Morgan fingerprint density at radius 1 is 1.07 bits per heavy atom. The molecule has 0 spiro atoms. The first kappa shape index (κ1) is 22.0. The van der Waals surface area contributed by atoms with Gasteiger partial charge in [0, 0.05) is 11.1 Å². The summed E-state index contributed by atoms with van der Waals surface area (Å²) in [6, 6.07) is 2.97. The Morgan fingerprint density at radius 2 is 1.68 bits per heavy atom. The van der Waals surface area contributed by atoms with Gasteiger partial charge < -0.3 is 14.2 Å². The molecule has 0 radical (unpaired) electrons. The zero-order chi connectivity index (χ0) is 21.2. The third-order valence-corrected chi connectivity index (χ3v) is 7.41. The summed E-state index contributed by atoms with van der Waals surface area (Å²) in [5.74, 6) is -1.45. The molecule has 0 aliphatic carbocycles. The second-order valence-corrected chi connectivity index (χ2v) is 8.91. The summed E-state index contributed by atoms with van der Waals surface area (Å²) >= 11 is 6.66. The van der Waals surface area contributed by atoms with Crippen molar-refractivity contribution in [2.45, 2.75) is 18.1 Å². The van der Waals surface area contributed by atoms with Crippen molar-refractivity contribution in [2.75, 3.05) is 26.1 Å². The van der Waals surface area contributed by atoms with Crippen LogP contribution in [0.1, 0.15) is 31.2 Å². The van der Waals surface area contributed by atoms with E-state index < -0.39 is 22.0 Å². The van der Waals surface area contributed by atoms with Crippen LogP contribution in [0.15, 0.2) is 16.3 Å². The summed E-state index contributed by atoms with van der Waals surface area (Å²) in [6.07, 6.45) is 0. The van der Waals surface area contributed by atoms with Crippen LogP contribution < -0.4 is 9.46 Å². The van der Waals surface area contributed by atoms with E-state index in [0.717, 1.165) is 14.2 Å². The lowest BCUT2D eigenvalue weighted by Crippen LogP contribution is -2.16. The Labute approximate surface area is 171 Å². The van der Waals surface area contributed by atoms with Crippen LogP contribution in [-0.4, -0.2) is 41.7 Å². The number of carbonyl (C=O) groups is 2. The van der Waals surface area contributed by atoms with E-state index in [4.69, 9.17) is 21.1 Å². The lowest BCUT2D eigenvalue weighted by molar-refractivity contribution is 0.0596. The van der Waals surface area contributed by atoms with Crippen molar-refractivity contribution in [3.05, 3.63) is 38.7 Å². The van der Waals surface area contributed by atoms with Crippen molar-refractivity contribution >= 4 is 50.6 Å². The maximum absolute atomic E-state index is 13.0. The quantitative estimate of drug-likeness (QED) is 0.676. The average molecular weight is 448 g/mol. The molecule has 0 saturated heterocycles. The number of esters is 2. The minimum atomic E-state index is -4.27. The molecule has 0 saturated carbocycles. The molecule has 2 rings (SSSR count). The van der Waals surface area contributed by atoms with Gasteiger partial charge in [0.2, 0.25) is 0 Å². The second-order valence-electron chi connectivity index (χ2n) is 5.61. The molecule has 0 atom stereocenters. The summed E-state index contributed by atoms with van der Waals surface area (Å²) in [5.41, 5.74) is 0.672. The number of thiophene rings is 1. The number of nitrogens with one attached hydrogen (secondary N) is 1. The van der Waals surface area contributed by atoms with Crippen LogP contribution in [0.25, 0.3) is 0 Å². The van der Waals surface area contributed by atoms with Gasteiger partial charge in [-0.1, -0.05) is 11.6 Å². The Hall–Kier alpha value is -2.30. The van der Waals surface area contributed by atoms with Gasteiger partial charge in [0.15, 0.2) is 4.21 Å². The van der Waals surface area contributed by atoms with Crippen LogP contribution in [0.2, 0.25) is 5.02 Å². The molecular formula is C17H18ClNO7S2. The van der Waals surface area contributed by atoms with E-state index in [2.05, 4.69) is 9.46 Å². The van der Waals surface area contributed by atoms with Gasteiger partial charge in [-0.25, -0.2) is 18.0 Å². The molecule has 11 heteroatoms. The molecule has 0 amide bonds. The van der Waals surface area contributed by atoms with Crippen LogP contribution in [0.3, 0.4) is 0 Å². The maximum atomic E-state index is 13.0. The molecule has 1 aromatic heterocycles. The Bertz CT molecular complexity index is 1040. The van der Waals surface area contributed by atoms with Crippen molar-refractivity contribution in [2.24, 2.45) is 0 Å². The number of anilines is 1. The van der Waals surface area contributed by atoms with Gasteiger partial charge in [-0.3, -0.25) is 4.72 Å². The third kappa shape index (κ3) is 4.08. The van der Waals surface area contributed by atoms with Crippen LogP contribution in [0.4, 0.5) is 5.69 Å². The van der Waals surface area contributed by atoms with Gasteiger partial charge in [-0.15, -0.1) is 11.3 Å². The van der Waals surface area contributed by atoms with Gasteiger partial charge in [0.05, 0.1) is 32.6 Å². The van der Waals surface area contributed by atoms with Gasteiger partial charge >= 0.3 is 11.9 Å². The predicted octanol–water partition coefficient (Wildman–Crippen LogP) is 3.40. The number of hydrogen-bond acceptors (Lipinski definition) is 8. The van der Waals surface area contributed by atoms with E-state index in [9.17, 15) is 18.0 Å². The highest BCUT2D eigenvalue weighted by Crippen LogP contribution is 2.37. The first-order valence-electron chi connectivity index (χ1n) is 7.74. The normalized spacial score (nSPS) is 11.1. The molecule has 0 bridgehead atoms. The molecule has 1 heterocycles. The first-order valence-corrected chi connectivity index (χ1v) is 10.4. The van der Waals surface area contributed by atoms with Crippen LogP contribution in [-0.2, 0) is 19.5 Å². The van der Waals surface area contributed by atoms with E-state index >= 15 is 0 Å². The average Bonchev–Trinajstić information content (AvgIpc) is 3.01. The minimum Gasteiger partial charge on any atom is -0.495 e. The standard InChI is InChI=1S/C17H18ClNO7S2/c1-8-6-11(12(24-3)7-10(8)18)19-28(22,23)17-13(15(20)25-4)9(2)14(27-17)16(21)26-5/h6-7,19H,1-5H3. The number of ether oxygens (including phenoxy) is 3. The number of sulfonamides is 1. The zero-order valence-electron chi connectivity index (χ0n) is 15.7. The molecule has 1 aromatic carbocycles. The van der Waals surface area contributed by atoms with Crippen molar-refractivity contribution in [3.63, 3.8) is 0 Å². The predicted molar refractivity (Wildman–Crippen MR) is 105 cm³/mol. The zero-order valence-corrected chi connectivity index (χ0v) is 18.1. The summed E-state index contributed by atoms with van der Waals surface area (Å²) < 4.78 is 42.6. The van der Waals surface area contributed by atoms with E-state index in [0.29, 0.717) is 21.9 Å². The summed E-state index contributed by atoms with van der Waals surface area (Å²) in [5, 5.41) is 0.398. The van der Waals surface area contributed by atoms with Gasteiger partial charge in [0.1, 0.15) is 10.6 Å². The highest BCUT2D eigenvalue weighted by molar-refractivity contribution is 7.94. The second kappa shape index (κ2) is 8.38.